The molecule has 2 amide bonds. The molecule has 0 radical (unpaired) electrons. The molecule has 0 heterocycles. The maximum Gasteiger partial charge on any atom is 0.242 e. The van der Waals surface area contributed by atoms with E-state index in [4.69, 9.17) is 5.73 Å². The molecule has 0 saturated heterocycles. The summed E-state index contributed by atoms with van der Waals surface area (Å²) in [6, 6.07) is 6.06. The lowest BCUT2D eigenvalue weighted by molar-refractivity contribution is -0.129. The highest BCUT2D eigenvalue weighted by atomic mass is 16.3. The SMILES string of the molecule is CCCC(=O)N[C@@H](Cc1ccc(O)cc1)C(=O)NCCCNCCCNCCCN. The number of carbonyl (C=O) groups excluding carboxylic acids is 2. The summed E-state index contributed by atoms with van der Waals surface area (Å²) in [5, 5.41) is 21.9. The van der Waals surface area contributed by atoms with Crippen LogP contribution in [0.25, 0.3) is 0 Å². The molecule has 7 N–H and O–H groups in total. The van der Waals surface area contributed by atoms with Crippen molar-refractivity contribution in [2.45, 2.75) is 51.5 Å². The molecule has 0 aromatic heterocycles. The molecule has 0 saturated carbocycles. The number of phenolic OH excluding ortho intramolecular Hbond substituents is 1. The maximum atomic E-state index is 12.6. The van der Waals surface area contributed by atoms with Gasteiger partial charge < -0.3 is 32.1 Å². The number of hydrogen-bond donors (Lipinski definition) is 6. The van der Waals surface area contributed by atoms with E-state index in [1.165, 1.54) is 0 Å². The molecule has 8 nitrogen and oxygen atoms in total. The Morgan fingerprint density at radius 2 is 1.57 bits per heavy atom. The molecule has 1 rings (SSSR count). The summed E-state index contributed by atoms with van der Waals surface area (Å²) in [4.78, 5) is 24.6. The Balaban J connectivity index is 2.30. The van der Waals surface area contributed by atoms with Gasteiger partial charge in [-0.1, -0.05) is 19.1 Å². The third-order valence-electron chi connectivity index (χ3n) is 4.60. The maximum absolute atomic E-state index is 12.6. The fraction of sp³-hybridized carbons (Fsp3) is 0.636. The standard InChI is InChI=1S/C22H39N5O3/c1-2-6-21(29)27-20(17-18-7-9-19(28)10-8-18)22(30)26-16-5-15-25-14-4-13-24-12-3-11-23/h7-10,20,24-25,28H,2-6,11-17,23H2,1H3,(H,26,30)(H,27,29)/t20-/m0/s1. The van der Waals surface area contributed by atoms with Gasteiger partial charge in [0.15, 0.2) is 0 Å². The number of nitrogens with one attached hydrogen (secondary N) is 4. The zero-order chi connectivity index (χ0) is 22.0. The van der Waals surface area contributed by atoms with Gasteiger partial charge in [-0.15, -0.1) is 0 Å². The van der Waals surface area contributed by atoms with Gasteiger partial charge in [0, 0.05) is 19.4 Å². The van der Waals surface area contributed by atoms with Gasteiger partial charge in [0.25, 0.3) is 0 Å². The Bertz CT molecular complexity index is 595. The highest BCUT2D eigenvalue weighted by Crippen LogP contribution is 2.11. The highest BCUT2D eigenvalue weighted by molar-refractivity contribution is 5.87. The molecule has 0 fully saturated rings. The predicted octanol–water partition coefficient (Wildman–Crippen LogP) is 0.644. The summed E-state index contributed by atoms with van der Waals surface area (Å²) < 4.78 is 0. The fourth-order valence-corrected chi connectivity index (χ4v) is 2.93. The molecule has 1 atom stereocenters. The van der Waals surface area contributed by atoms with Crippen LogP contribution in [0.5, 0.6) is 5.75 Å². The first kappa shape index (κ1) is 25.9. The minimum Gasteiger partial charge on any atom is -0.508 e. The quantitative estimate of drug-likeness (QED) is 0.205. The lowest BCUT2D eigenvalue weighted by Crippen LogP contribution is -2.48. The topological polar surface area (TPSA) is 129 Å². The summed E-state index contributed by atoms with van der Waals surface area (Å²) in [6.45, 7) is 6.89. The smallest absolute Gasteiger partial charge is 0.242 e. The van der Waals surface area contributed by atoms with Crippen molar-refractivity contribution < 1.29 is 14.7 Å². The number of hydrogen-bond acceptors (Lipinski definition) is 6. The van der Waals surface area contributed by atoms with Gasteiger partial charge in [0.2, 0.25) is 11.8 Å². The van der Waals surface area contributed by atoms with Crippen molar-refractivity contribution in [2.75, 3.05) is 39.3 Å². The first-order chi connectivity index (χ1) is 14.6. The Labute approximate surface area is 180 Å². The van der Waals surface area contributed by atoms with Gasteiger partial charge in [-0.25, -0.2) is 0 Å². The van der Waals surface area contributed by atoms with E-state index in [1.54, 1.807) is 24.3 Å². The van der Waals surface area contributed by atoms with Gasteiger partial charge in [-0.2, -0.15) is 0 Å². The Morgan fingerprint density at radius 1 is 0.967 bits per heavy atom. The van der Waals surface area contributed by atoms with Crippen molar-refractivity contribution in [3.05, 3.63) is 29.8 Å². The zero-order valence-corrected chi connectivity index (χ0v) is 18.2. The second-order valence-electron chi connectivity index (χ2n) is 7.38. The first-order valence-electron chi connectivity index (χ1n) is 11.0. The van der Waals surface area contributed by atoms with Crippen LogP contribution in [0.1, 0.15) is 44.6 Å². The molecular formula is C22H39N5O3. The lowest BCUT2D eigenvalue weighted by Gasteiger charge is -2.19. The number of phenols is 1. The summed E-state index contributed by atoms with van der Waals surface area (Å²) in [7, 11) is 0. The predicted molar refractivity (Wildman–Crippen MR) is 120 cm³/mol. The molecule has 8 heteroatoms. The zero-order valence-electron chi connectivity index (χ0n) is 18.2. The third-order valence-corrected chi connectivity index (χ3v) is 4.60. The molecule has 0 bridgehead atoms. The summed E-state index contributed by atoms with van der Waals surface area (Å²) in [5.74, 6) is -0.136. The number of amides is 2. The van der Waals surface area contributed by atoms with Crippen molar-refractivity contribution in [3.63, 3.8) is 0 Å². The summed E-state index contributed by atoms with van der Waals surface area (Å²) >= 11 is 0. The van der Waals surface area contributed by atoms with Crippen molar-refractivity contribution in [1.82, 2.24) is 21.3 Å². The van der Waals surface area contributed by atoms with Crippen molar-refractivity contribution in [2.24, 2.45) is 5.73 Å². The van der Waals surface area contributed by atoms with E-state index in [2.05, 4.69) is 21.3 Å². The first-order valence-corrected chi connectivity index (χ1v) is 11.0. The summed E-state index contributed by atoms with van der Waals surface area (Å²) in [5.41, 5.74) is 6.33. The average Bonchev–Trinajstić information content (AvgIpc) is 2.73. The van der Waals surface area contributed by atoms with Crippen LogP contribution in [0.15, 0.2) is 24.3 Å². The van der Waals surface area contributed by atoms with Gasteiger partial charge in [0.1, 0.15) is 11.8 Å². The number of aromatic hydroxyl groups is 1. The minimum atomic E-state index is -0.624. The van der Waals surface area contributed by atoms with Crippen molar-refractivity contribution >= 4 is 11.8 Å². The molecular weight excluding hydrogens is 382 g/mol. The van der Waals surface area contributed by atoms with Crippen LogP contribution < -0.4 is 27.0 Å². The van der Waals surface area contributed by atoms with E-state index in [-0.39, 0.29) is 17.6 Å². The van der Waals surface area contributed by atoms with E-state index in [0.29, 0.717) is 19.4 Å². The molecule has 0 aliphatic rings. The second-order valence-corrected chi connectivity index (χ2v) is 7.38. The van der Waals surface area contributed by atoms with E-state index < -0.39 is 6.04 Å². The van der Waals surface area contributed by atoms with Crippen LogP contribution in [0.3, 0.4) is 0 Å². The van der Waals surface area contributed by atoms with Crippen LogP contribution in [0, 0.1) is 0 Å². The number of carbonyl (C=O) groups is 2. The largest absolute Gasteiger partial charge is 0.508 e. The molecule has 1 aromatic carbocycles. The fourth-order valence-electron chi connectivity index (χ4n) is 2.93. The van der Waals surface area contributed by atoms with E-state index in [9.17, 15) is 14.7 Å². The van der Waals surface area contributed by atoms with E-state index in [0.717, 1.165) is 64.0 Å². The van der Waals surface area contributed by atoms with Crippen LogP contribution in [0.2, 0.25) is 0 Å². The van der Waals surface area contributed by atoms with Crippen LogP contribution in [-0.2, 0) is 16.0 Å². The number of benzene rings is 1. The number of rotatable bonds is 17. The van der Waals surface area contributed by atoms with E-state index >= 15 is 0 Å². The Hall–Kier alpha value is -2.16. The molecule has 0 unspecified atom stereocenters. The average molecular weight is 422 g/mol. The van der Waals surface area contributed by atoms with Gasteiger partial charge in [-0.3, -0.25) is 9.59 Å². The second kappa shape index (κ2) is 16.6. The molecule has 30 heavy (non-hydrogen) atoms. The Morgan fingerprint density at radius 3 is 2.17 bits per heavy atom. The van der Waals surface area contributed by atoms with Crippen LogP contribution in [0.4, 0.5) is 0 Å². The molecule has 0 aliphatic heterocycles. The lowest BCUT2D eigenvalue weighted by atomic mass is 10.0. The monoisotopic (exact) mass is 421 g/mol. The van der Waals surface area contributed by atoms with Gasteiger partial charge in [-0.05, 0) is 76.1 Å². The van der Waals surface area contributed by atoms with Crippen molar-refractivity contribution in [3.8, 4) is 5.75 Å². The van der Waals surface area contributed by atoms with Crippen LogP contribution >= 0.6 is 0 Å². The molecule has 0 spiro atoms. The van der Waals surface area contributed by atoms with Crippen molar-refractivity contribution in [1.29, 1.82) is 0 Å². The highest BCUT2D eigenvalue weighted by Gasteiger charge is 2.20. The Kier molecular flexibility index (Phi) is 14.3. The van der Waals surface area contributed by atoms with Gasteiger partial charge in [0.05, 0.1) is 0 Å². The third kappa shape index (κ3) is 12.4. The number of nitrogens with two attached hydrogens (primary N) is 1. The molecule has 170 valence electrons. The summed E-state index contributed by atoms with van der Waals surface area (Å²) in [6.07, 6.45) is 4.38. The van der Waals surface area contributed by atoms with Gasteiger partial charge >= 0.3 is 0 Å². The minimum absolute atomic E-state index is 0.127. The normalized spacial score (nSPS) is 11.8. The van der Waals surface area contributed by atoms with Crippen LogP contribution in [-0.4, -0.2) is 62.2 Å². The van der Waals surface area contributed by atoms with E-state index in [1.807, 2.05) is 6.92 Å². The molecule has 0 aliphatic carbocycles. The molecule has 1 aromatic rings.